The summed E-state index contributed by atoms with van der Waals surface area (Å²) in [5.74, 6) is -0.981. The van der Waals surface area contributed by atoms with E-state index in [2.05, 4.69) is 10.3 Å². The molecule has 88 valence electrons. The van der Waals surface area contributed by atoms with Crippen LogP contribution < -0.4 is 11.2 Å². The Balaban J connectivity index is 2.56. The largest absolute Gasteiger partial charge is 0.368 e. The average Bonchev–Trinajstić information content (AvgIpc) is 2.59. The van der Waals surface area contributed by atoms with Crippen molar-refractivity contribution in [3.05, 3.63) is 21.4 Å². The van der Waals surface area contributed by atoms with Crippen LogP contribution in [0.15, 0.2) is 6.07 Å². The molecule has 0 aliphatic rings. The standard InChI is InChI=1S/C10H14N2O3S/c1-3-7-4-8(16-6(7)2)10(14)12-15-5-9(11)13/h4H,3,5H2,1-2H3,(H2,11,13)(H,12,14). The number of thiophene rings is 1. The van der Waals surface area contributed by atoms with Gasteiger partial charge in [0.2, 0.25) is 5.91 Å². The number of nitrogens with two attached hydrogens (primary N) is 1. The van der Waals surface area contributed by atoms with Crippen LogP contribution in [-0.2, 0) is 16.1 Å². The van der Waals surface area contributed by atoms with Crippen LogP contribution in [0.4, 0.5) is 0 Å². The van der Waals surface area contributed by atoms with Gasteiger partial charge in [-0.15, -0.1) is 11.3 Å². The summed E-state index contributed by atoms with van der Waals surface area (Å²) < 4.78 is 0. The first-order chi connectivity index (χ1) is 7.54. The fraction of sp³-hybridized carbons (Fsp3) is 0.400. The van der Waals surface area contributed by atoms with Crippen molar-refractivity contribution in [3.8, 4) is 0 Å². The van der Waals surface area contributed by atoms with Gasteiger partial charge in [-0.05, 0) is 25.0 Å². The van der Waals surface area contributed by atoms with Gasteiger partial charge in [0.15, 0.2) is 6.61 Å². The molecule has 2 amide bonds. The second-order valence-corrected chi connectivity index (χ2v) is 4.49. The summed E-state index contributed by atoms with van der Waals surface area (Å²) in [5, 5.41) is 0. The Morgan fingerprint density at radius 3 is 2.75 bits per heavy atom. The molecule has 0 bridgehead atoms. The van der Waals surface area contributed by atoms with E-state index in [1.807, 2.05) is 19.9 Å². The van der Waals surface area contributed by atoms with Crippen LogP contribution in [0.1, 0.15) is 27.0 Å². The van der Waals surface area contributed by atoms with Gasteiger partial charge in [-0.2, -0.15) is 0 Å². The van der Waals surface area contributed by atoms with Crippen molar-refractivity contribution in [2.24, 2.45) is 5.73 Å². The monoisotopic (exact) mass is 242 g/mol. The third-order valence-electron chi connectivity index (χ3n) is 2.00. The SMILES string of the molecule is CCc1cc(C(=O)NOCC(N)=O)sc1C. The highest BCUT2D eigenvalue weighted by Gasteiger charge is 2.11. The van der Waals surface area contributed by atoms with E-state index >= 15 is 0 Å². The Labute approximate surface area is 97.5 Å². The summed E-state index contributed by atoms with van der Waals surface area (Å²) in [5.41, 5.74) is 8.16. The zero-order chi connectivity index (χ0) is 12.1. The predicted octanol–water partition coefficient (Wildman–Crippen LogP) is 0.766. The van der Waals surface area contributed by atoms with E-state index in [-0.39, 0.29) is 12.5 Å². The van der Waals surface area contributed by atoms with Gasteiger partial charge in [-0.3, -0.25) is 14.4 Å². The molecule has 6 heteroatoms. The summed E-state index contributed by atoms with van der Waals surface area (Å²) in [6.45, 7) is 3.67. The number of hydrogen-bond acceptors (Lipinski definition) is 4. The molecule has 0 radical (unpaired) electrons. The zero-order valence-electron chi connectivity index (χ0n) is 9.20. The number of amides is 2. The summed E-state index contributed by atoms with van der Waals surface area (Å²) in [6, 6.07) is 1.82. The summed E-state index contributed by atoms with van der Waals surface area (Å²) in [6.07, 6.45) is 0.887. The van der Waals surface area contributed by atoms with Crippen LogP contribution in [-0.4, -0.2) is 18.4 Å². The lowest BCUT2D eigenvalue weighted by Crippen LogP contribution is -2.28. The third kappa shape index (κ3) is 3.32. The molecule has 16 heavy (non-hydrogen) atoms. The van der Waals surface area contributed by atoms with E-state index < -0.39 is 5.91 Å². The van der Waals surface area contributed by atoms with Gasteiger partial charge in [-0.1, -0.05) is 6.92 Å². The van der Waals surface area contributed by atoms with Crippen molar-refractivity contribution in [3.63, 3.8) is 0 Å². The molecule has 0 saturated heterocycles. The topological polar surface area (TPSA) is 81.4 Å². The molecule has 1 rings (SSSR count). The predicted molar refractivity (Wildman–Crippen MR) is 61.0 cm³/mol. The maximum Gasteiger partial charge on any atom is 0.284 e. The Hall–Kier alpha value is -1.40. The van der Waals surface area contributed by atoms with Crippen LogP contribution >= 0.6 is 11.3 Å². The molecule has 0 unspecified atom stereocenters. The minimum atomic E-state index is -0.628. The molecule has 5 nitrogen and oxygen atoms in total. The van der Waals surface area contributed by atoms with Crippen molar-refractivity contribution in [1.29, 1.82) is 0 Å². The van der Waals surface area contributed by atoms with Crippen LogP contribution in [0.5, 0.6) is 0 Å². The van der Waals surface area contributed by atoms with Gasteiger partial charge in [0.25, 0.3) is 5.91 Å². The first-order valence-electron chi connectivity index (χ1n) is 4.84. The molecule has 0 aliphatic carbocycles. The molecule has 0 atom stereocenters. The van der Waals surface area contributed by atoms with Gasteiger partial charge in [0, 0.05) is 4.88 Å². The number of primary amides is 1. The molecule has 1 heterocycles. The number of hydroxylamine groups is 1. The van der Waals surface area contributed by atoms with E-state index in [0.717, 1.165) is 16.9 Å². The molecule has 3 N–H and O–H groups in total. The van der Waals surface area contributed by atoms with Crippen LogP contribution in [0, 0.1) is 6.92 Å². The van der Waals surface area contributed by atoms with Crippen LogP contribution in [0.2, 0.25) is 0 Å². The van der Waals surface area contributed by atoms with Crippen LogP contribution in [0.25, 0.3) is 0 Å². The zero-order valence-corrected chi connectivity index (χ0v) is 10.0. The quantitative estimate of drug-likeness (QED) is 0.748. The fourth-order valence-electron chi connectivity index (χ4n) is 1.21. The molecule has 1 aromatic heterocycles. The number of carbonyl (C=O) groups is 2. The van der Waals surface area contributed by atoms with Crippen molar-refractivity contribution >= 4 is 23.2 Å². The first kappa shape index (κ1) is 12.7. The molecule has 0 aliphatic heterocycles. The van der Waals surface area contributed by atoms with E-state index in [4.69, 9.17) is 5.73 Å². The van der Waals surface area contributed by atoms with Gasteiger partial charge < -0.3 is 5.73 Å². The average molecular weight is 242 g/mol. The molecule has 0 spiro atoms. The summed E-state index contributed by atoms with van der Waals surface area (Å²) in [4.78, 5) is 28.2. The highest BCUT2D eigenvalue weighted by Crippen LogP contribution is 2.21. The lowest BCUT2D eigenvalue weighted by Gasteiger charge is -2.01. The summed E-state index contributed by atoms with van der Waals surface area (Å²) >= 11 is 1.40. The Morgan fingerprint density at radius 1 is 1.56 bits per heavy atom. The molecule has 0 aromatic carbocycles. The first-order valence-corrected chi connectivity index (χ1v) is 5.66. The van der Waals surface area contributed by atoms with Crippen molar-refractivity contribution < 1.29 is 14.4 Å². The maximum atomic E-state index is 11.5. The number of hydrogen-bond donors (Lipinski definition) is 2. The normalized spacial score (nSPS) is 10.1. The smallest absolute Gasteiger partial charge is 0.284 e. The minimum absolute atomic E-state index is 0.323. The van der Waals surface area contributed by atoms with Crippen molar-refractivity contribution in [2.45, 2.75) is 20.3 Å². The maximum absolute atomic E-state index is 11.5. The lowest BCUT2D eigenvalue weighted by atomic mass is 10.2. The Bertz CT molecular complexity index is 401. The molecule has 1 aromatic rings. The van der Waals surface area contributed by atoms with Crippen LogP contribution in [0.3, 0.4) is 0 Å². The number of rotatable bonds is 5. The highest BCUT2D eigenvalue weighted by molar-refractivity contribution is 7.14. The van der Waals surface area contributed by atoms with E-state index in [9.17, 15) is 9.59 Å². The molecular weight excluding hydrogens is 228 g/mol. The molecule has 0 saturated carbocycles. The number of carbonyl (C=O) groups excluding carboxylic acids is 2. The van der Waals surface area contributed by atoms with Crippen molar-refractivity contribution in [1.82, 2.24) is 5.48 Å². The molecule has 0 fully saturated rings. The lowest BCUT2D eigenvalue weighted by molar-refractivity contribution is -0.124. The van der Waals surface area contributed by atoms with Crippen molar-refractivity contribution in [2.75, 3.05) is 6.61 Å². The summed E-state index contributed by atoms with van der Waals surface area (Å²) in [7, 11) is 0. The van der Waals surface area contributed by atoms with Gasteiger partial charge in [0.05, 0.1) is 4.88 Å². The fourth-order valence-corrected chi connectivity index (χ4v) is 2.21. The van der Waals surface area contributed by atoms with E-state index in [1.54, 1.807) is 0 Å². The third-order valence-corrected chi connectivity index (χ3v) is 3.10. The van der Waals surface area contributed by atoms with E-state index in [0.29, 0.717) is 4.88 Å². The number of aryl methyl sites for hydroxylation is 2. The van der Waals surface area contributed by atoms with Gasteiger partial charge >= 0.3 is 0 Å². The molecular formula is C10H14N2O3S. The van der Waals surface area contributed by atoms with Gasteiger partial charge in [-0.25, -0.2) is 5.48 Å². The van der Waals surface area contributed by atoms with Gasteiger partial charge in [0.1, 0.15) is 0 Å². The Morgan fingerprint density at radius 2 is 2.25 bits per heavy atom. The Kier molecular flexibility index (Phi) is 4.45. The van der Waals surface area contributed by atoms with E-state index in [1.165, 1.54) is 11.3 Å². The number of nitrogens with one attached hydrogen (secondary N) is 1. The second kappa shape index (κ2) is 5.62. The minimum Gasteiger partial charge on any atom is -0.368 e. The highest BCUT2D eigenvalue weighted by atomic mass is 32.1. The second-order valence-electron chi connectivity index (χ2n) is 3.23.